The van der Waals surface area contributed by atoms with Crippen LogP contribution in [0.15, 0.2) is 48.9 Å². The highest BCUT2D eigenvalue weighted by molar-refractivity contribution is 5.80. The highest BCUT2D eigenvalue weighted by Crippen LogP contribution is 2.32. The third-order valence-electron chi connectivity index (χ3n) is 3.73. The highest BCUT2D eigenvalue weighted by Gasteiger charge is 2.18. The van der Waals surface area contributed by atoms with Gasteiger partial charge in [-0.05, 0) is 37.3 Å². The van der Waals surface area contributed by atoms with E-state index in [0.717, 1.165) is 28.2 Å². The molecule has 0 aliphatic heterocycles. The van der Waals surface area contributed by atoms with Gasteiger partial charge in [0.15, 0.2) is 0 Å². The summed E-state index contributed by atoms with van der Waals surface area (Å²) in [6.07, 6.45) is 5.66. The fraction of sp³-hybridized carbons (Fsp3) is 0.118. The number of nitrogens with zero attached hydrogens (tertiary/aromatic N) is 5. The first-order valence-corrected chi connectivity index (χ1v) is 7.22. The fourth-order valence-electron chi connectivity index (χ4n) is 2.65. The molecule has 0 saturated carbocycles. The number of hydrogen-bond donors (Lipinski definition) is 0. The third kappa shape index (κ3) is 2.28. The van der Waals surface area contributed by atoms with E-state index < -0.39 is 0 Å². The lowest BCUT2D eigenvalue weighted by molar-refractivity contribution is 0.628. The maximum Gasteiger partial charge on any atom is 0.235 e. The van der Waals surface area contributed by atoms with Crippen LogP contribution in [0.2, 0.25) is 0 Å². The second-order valence-corrected chi connectivity index (χ2v) is 5.46. The largest absolute Gasteiger partial charge is 0.283 e. The van der Waals surface area contributed by atoms with Gasteiger partial charge in [0.1, 0.15) is 5.82 Å². The molecule has 0 aliphatic rings. The van der Waals surface area contributed by atoms with Gasteiger partial charge in [-0.2, -0.15) is 5.10 Å². The van der Waals surface area contributed by atoms with Gasteiger partial charge in [0.25, 0.3) is 0 Å². The predicted molar refractivity (Wildman–Crippen MR) is 85.3 cm³/mol. The Morgan fingerprint density at radius 2 is 1.78 bits per heavy atom. The molecule has 0 amide bonds. The lowest BCUT2D eigenvalue weighted by atomic mass is 10.1. The Labute approximate surface area is 132 Å². The smallest absolute Gasteiger partial charge is 0.235 e. The molecule has 0 atom stereocenters. The maximum absolute atomic E-state index is 13.2. The molecule has 6 heteroatoms. The first kappa shape index (κ1) is 13.6. The average molecular weight is 307 g/mol. The van der Waals surface area contributed by atoms with E-state index in [4.69, 9.17) is 0 Å². The summed E-state index contributed by atoms with van der Waals surface area (Å²) in [7, 11) is 1.87. The molecule has 0 bridgehead atoms. The van der Waals surface area contributed by atoms with E-state index in [9.17, 15) is 4.39 Å². The molecule has 23 heavy (non-hydrogen) atoms. The van der Waals surface area contributed by atoms with Crippen LogP contribution < -0.4 is 0 Å². The normalized spacial score (nSPS) is 11.3. The van der Waals surface area contributed by atoms with Gasteiger partial charge < -0.3 is 0 Å². The van der Waals surface area contributed by atoms with Crippen molar-refractivity contribution in [3.63, 3.8) is 0 Å². The first-order valence-electron chi connectivity index (χ1n) is 7.22. The van der Waals surface area contributed by atoms with Gasteiger partial charge in [0.05, 0.1) is 17.6 Å². The first-order chi connectivity index (χ1) is 11.1. The Bertz CT molecular complexity index is 998. The SMILES string of the molecule is Cc1ccn2c(-c3cnn(C)c3)c(-c3ccc(F)cc3)nc2n1. The molecule has 0 saturated heterocycles. The van der Waals surface area contributed by atoms with Crippen LogP contribution in [0.25, 0.3) is 28.3 Å². The van der Waals surface area contributed by atoms with Gasteiger partial charge in [0, 0.05) is 36.3 Å². The number of hydrogen-bond acceptors (Lipinski definition) is 3. The average Bonchev–Trinajstić information content (AvgIpc) is 3.10. The Kier molecular flexibility index (Phi) is 2.97. The molecule has 0 spiro atoms. The fourth-order valence-corrected chi connectivity index (χ4v) is 2.65. The molecule has 0 aliphatic carbocycles. The van der Waals surface area contributed by atoms with Gasteiger partial charge >= 0.3 is 0 Å². The predicted octanol–water partition coefficient (Wildman–Crippen LogP) is 3.24. The van der Waals surface area contributed by atoms with Crippen molar-refractivity contribution < 1.29 is 4.39 Å². The van der Waals surface area contributed by atoms with Crippen molar-refractivity contribution in [2.45, 2.75) is 6.92 Å². The van der Waals surface area contributed by atoms with Gasteiger partial charge in [-0.3, -0.25) is 9.08 Å². The van der Waals surface area contributed by atoms with Crippen molar-refractivity contribution in [3.05, 3.63) is 60.4 Å². The summed E-state index contributed by atoms with van der Waals surface area (Å²) >= 11 is 0. The zero-order valence-corrected chi connectivity index (χ0v) is 12.7. The van der Waals surface area contributed by atoms with E-state index in [1.807, 2.05) is 36.8 Å². The summed E-state index contributed by atoms with van der Waals surface area (Å²) in [4.78, 5) is 9.13. The maximum atomic E-state index is 13.2. The lowest BCUT2D eigenvalue weighted by Gasteiger charge is -2.03. The molecule has 3 aromatic heterocycles. The van der Waals surface area contributed by atoms with E-state index in [1.54, 1.807) is 23.0 Å². The van der Waals surface area contributed by atoms with Crippen molar-refractivity contribution in [2.24, 2.45) is 7.05 Å². The van der Waals surface area contributed by atoms with Gasteiger partial charge in [-0.25, -0.2) is 14.4 Å². The molecule has 0 fully saturated rings. The summed E-state index contributed by atoms with van der Waals surface area (Å²) in [5.74, 6) is 0.345. The minimum absolute atomic E-state index is 0.269. The van der Waals surface area contributed by atoms with Crippen molar-refractivity contribution >= 4 is 5.78 Å². The quantitative estimate of drug-likeness (QED) is 0.571. The molecule has 0 N–H and O–H groups in total. The molecule has 4 rings (SSSR count). The van der Waals surface area contributed by atoms with Crippen LogP contribution in [0.4, 0.5) is 4.39 Å². The molecular formula is C17H14FN5. The number of rotatable bonds is 2. The monoisotopic (exact) mass is 307 g/mol. The topological polar surface area (TPSA) is 48.0 Å². The molecule has 0 unspecified atom stereocenters. The molecule has 114 valence electrons. The summed E-state index contributed by atoms with van der Waals surface area (Å²) in [5, 5.41) is 4.24. The van der Waals surface area contributed by atoms with Crippen molar-refractivity contribution in [1.29, 1.82) is 0 Å². The Hall–Kier alpha value is -3.02. The molecule has 0 radical (unpaired) electrons. The van der Waals surface area contributed by atoms with Crippen molar-refractivity contribution in [3.8, 4) is 22.5 Å². The van der Waals surface area contributed by atoms with E-state index in [0.29, 0.717) is 5.78 Å². The zero-order chi connectivity index (χ0) is 16.0. The molecule has 4 aromatic rings. The van der Waals surface area contributed by atoms with Crippen LogP contribution in [0.5, 0.6) is 0 Å². The van der Waals surface area contributed by atoms with E-state index in [2.05, 4.69) is 15.1 Å². The number of fused-ring (bicyclic) bond motifs is 1. The lowest BCUT2D eigenvalue weighted by Crippen LogP contribution is -1.92. The van der Waals surface area contributed by atoms with Crippen molar-refractivity contribution in [2.75, 3.05) is 0 Å². The van der Waals surface area contributed by atoms with Crippen LogP contribution in [0.3, 0.4) is 0 Å². The molecule has 3 heterocycles. The number of benzene rings is 1. The molecule has 1 aromatic carbocycles. The number of aromatic nitrogens is 5. The number of aryl methyl sites for hydroxylation is 2. The number of halogens is 1. The van der Waals surface area contributed by atoms with Crippen LogP contribution in [-0.2, 0) is 7.05 Å². The summed E-state index contributed by atoms with van der Waals surface area (Å²) in [6, 6.07) is 8.26. The Balaban J connectivity index is 2.04. The molecule has 5 nitrogen and oxygen atoms in total. The number of imidazole rings is 1. The molecular weight excluding hydrogens is 293 g/mol. The Morgan fingerprint density at radius 1 is 1.00 bits per heavy atom. The van der Waals surface area contributed by atoms with Gasteiger partial charge in [-0.15, -0.1) is 0 Å². The minimum atomic E-state index is -0.269. The standard InChI is InChI=1S/C17H14FN5/c1-11-7-8-23-16(13-9-19-22(2)10-13)15(21-17(23)20-11)12-3-5-14(18)6-4-12/h3-10H,1-2H3. The van der Waals surface area contributed by atoms with Crippen molar-refractivity contribution in [1.82, 2.24) is 24.1 Å². The third-order valence-corrected chi connectivity index (χ3v) is 3.73. The van der Waals surface area contributed by atoms with Crippen LogP contribution in [0, 0.1) is 12.7 Å². The summed E-state index contributed by atoms with van der Waals surface area (Å²) in [6.45, 7) is 1.93. The van der Waals surface area contributed by atoms with E-state index >= 15 is 0 Å². The second-order valence-electron chi connectivity index (χ2n) is 5.46. The van der Waals surface area contributed by atoms with Gasteiger partial charge in [0.2, 0.25) is 5.78 Å². The summed E-state index contributed by atoms with van der Waals surface area (Å²) < 4.78 is 16.9. The minimum Gasteiger partial charge on any atom is -0.283 e. The highest BCUT2D eigenvalue weighted by atomic mass is 19.1. The van der Waals surface area contributed by atoms with E-state index in [-0.39, 0.29) is 5.82 Å². The van der Waals surface area contributed by atoms with Crippen LogP contribution >= 0.6 is 0 Å². The van der Waals surface area contributed by atoms with Crippen LogP contribution in [-0.4, -0.2) is 24.1 Å². The van der Waals surface area contributed by atoms with E-state index in [1.165, 1.54) is 12.1 Å². The zero-order valence-electron chi connectivity index (χ0n) is 12.7. The second kappa shape index (κ2) is 5.01. The van der Waals surface area contributed by atoms with Gasteiger partial charge in [-0.1, -0.05) is 0 Å². The Morgan fingerprint density at radius 3 is 2.48 bits per heavy atom. The summed E-state index contributed by atoms with van der Waals surface area (Å²) in [5.41, 5.74) is 4.33. The van der Waals surface area contributed by atoms with Crippen LogP contribution in [0.1, 0.15) is 5.69 Å².